The first-order valence-corrected chi connectivity index (χ1v) is 11.7. The van der Waals surface area contributed by atoms with E-state index in [4.69, 9.17) is 16.3 Å². The lowest BCUT2D eigenvalue weighted by Gasteiger charge is -2.27. The van der Waals surface area contributed by atoms with Crippen molar-refractivity contribution in [1.29, 1.82) is 0 Å². The molecule has 0 saturated carbocycles. The number of aliphatic hydroxyl groups is 1. The van der Waals surface area contributed by atoms with E-state index >= 15 is 0 Å². The smallest absolute Gasteiger partial charge is 0.335 e. The van der Waals surface area contributed by atoms with Crippen LogP contribution in [0, 0.1) is 0 Å². The number of aliphatic hydroxyl groups excluding tert-OH is 1. The molecule has 0 heterocycles. The Morgan fingerprint density at radius 3 is 2.56 bits per heavy atom. The Hall–Kier alpha value is -2.48. The number of benzene rings is 3. The molecule has 1 aliphatic carbocycles. The molecule has 3 aromatic rings. The van der Waals surface area contributed by atoms with Gasteiger partial charge >= 0.3 is 5.97 Å². The number of carboxylic acids is 1. The first-order chi connectivity index (χ1) is 16.3. The number of nitrogens with one attached hydrogen (secondary N) is 1. The summed E-state index contributed by atoms with van der Waals surface area (Å²) in [4.78, 5) is 13.4. The summed E-state index contributed by atoms with van der Waals surface area (Å²) in [5.41, 5.74) is 4.22. The van der Waals surface area contributed by atoms with Gasteiger partial charge in [-0.2, -0.15) is 0 Å². The minimum absolute atomic E-state index is 0. The Balaban J connectivity index is 0.00000228. The zero-order chi connectivity index (χ0) is 24.2. The molecule has 4 rings (SSSR count). The monoisotopic (exact) mass is 552 g/mol. The lowest BCUT2D eigenvalue weighted by atomic mass is 9.88. The topological polar surface area (TPSA) is 82.0 Å². The third-order valence-corrected chi connectivity index (χ3v) is 6.36. The predicted octanol–water partition coefficient (Wildman–Crippen LogP) is 5.92. The summed E-state index contributed by atoms with van der Waals surface area (Å²) in [5.74, 6) is 0.164. The highest BCUT2D eigenvalue weighted by molar-refractivity contribution is 6.30. The van der Waals surface area contributed by atoms with E-state index in [0.29, 0.717) is 23.1 Å². The highest BCUT2D eigenvalue weighted by atomic mass is 35.5. The maximum absolute atomic E-state index is 11.5. The third kappa shape index (κ3) is 7.51. The molecule has 0 bridgehead atoms. The molecule has 0 aliphatic heterocycles. The predicted molar refractivity (Wildman–Crippen MR) is 149 cm³/mol. The van der Waals surface area contributed by atoms with Gasteiger partial charge in [0, 0.05) is 43.5 Å². The summed E-state index contributed by atoms with van der Waals surface area (Å²) in [5, 5.41) is 24.1. The summed E-state index contributed by atoms with van der Waals surface area (Å²) >= 11 is 6.04. The fourth-order valence-electron chi connectivity index (χ4n) is 4.24. The van der Waals surface area contributed by atoms with E-state index in [2.05, 4.69) is 11.4 Å². The number of carboxylic acid groups (broad SMARTS) is 1. The van der Waals surface area contributed by atoms with Crippen LogP contribution in [0.2, 0.25) is 5.02 Å². The molecule has 3 aromatic carbocycles. The highest BCUT2D eigenvalue weighted by Gasteiger charge is 2.20. The average Bonchev–Trinajstić information content (AvgIpc) is 2.82. The summed E-state index contributed by atoms with van der Waals surface area (Å²) in [6.45, 7) is 0.450. The molecule has 9 heteroatoms. The minimum atomic E-state index is -0.993. The van der Waals surface area contributed by atoms with E-state index < -0.39 is 12.1 Å². The molecule has 194 valence electrons. The van der Waals surface area contributed by atoms with E-state index in [1.165, 1.54) is 17.2 Å². The fourth-order valence-corrected chi connectivity index (χ4v) is 4.44. The van der Waals surface area contributed by atoms with E-state index in [-0.39, 0.29) is 36.4 Å². The summed E-state index contributed by atoms with van der Waals surface area (Å²) in [6.07, 6.45) is 2.14. The molecule has 6 nitrogen and oxygen atoms in total. The largest absolute Gasteiger partial charge is 0.478 e. The number of carbonyl (C=O) groups is 1. The van der Waals surface area contributed by atoms with Gasteiger partial charge in [0.15, 0.2) is 0 Å². The molecule has 0 fully saturated rings. The summed E-state index contributed by atoms with van der Waals surface area (Å²) in [6, 6.07) is 18.6. The van der Waals surface area contributed by atoms with Crippen LogP contribution >= 0.6 is 36.4 Å². The van der Waals surface area contributed by atoms with Crippen molar-refractivity contribution in [3.05, 3.63) is 87.9 Å². The normalized spacial score (nSPS) is 15.1. The second kappa shape index (κ2) is 13.2. The standard InChI is InChI=1S/C27H29ClN2O4.2ClH/c1-30(2)23-12-20(27(32)33)14-25(15-23)34-24-9-7-17-6-8-22(11-19(17)13-24)29-16-26(31)18-4-3-5-21(28)10-18;;/h3-5,7,9-10,12-15,22,26,29,31H,6,8,11,16H2,1-2H3,(H,32,33);2*1H/t22-,26-;;/m0../s1. The molecule has 0 unspecified atom stereocenters. The highest BCUT2D eigenvalue weighted by Crippen LogP contribution is 2.31. The van der Waals surface area contributed by atoms with Crippen LogP contribution in [-0.4, -0.2) is 42.9 Å². The second-order valence-corrected chi connectivity index (χ2v) is 9.30. The number of aryl methyl sites for hydroxylation is 1. The van der Waals surface area contributed by atoms with E-state index in [1.54, 1.807) is 18.2 Å². The van der Waals surface area contributed by atoms with Gasteiger partial charge in [-0.15, -0.1) is 24.8 Å². The van der Waals surface area contributed by atoms with Gasteiger partial charge in [-0.25, -0.2) is 4.79 Å². The van der Waals surface area contributed by atoms with Gasteiger partial charge in [0.2, 0.25) is 0 Å². The van der Waals surface area contributed by atoms with Gasteiger partial charge in [0.25, 0.3) is 0 Å². The van der Waals surface area contributed by atoms with Crippen LogP contribution in [0.5, 0.6) is 11.5 Å². The van der Waals surface area contributed by atoms with Crippen molar-refractivity contribution in [2.75, 3.05) is 25.5 Å². The van der Waals surface area contributed by atoms with Gasteiger partial charge in [-0.05, 0) is 72.4 Å². The Morgan fingerprint density at radius 2 is 1.86 bits per heavy atom. The number of fused-ring (bicyclic) bond motifs is 1. The molecular weight excluding hydrogens is 523 g/mol. The van der Waals surface area contributed by atoms with Crippen molar-refractivity contribution < 1.29 is 19.7 Å². The molecule has 0 radical (unpaired) electrons. The SMILES string of the molecule is CN(C)c1cc(Oc2ccc3c(c2)C[C@@H](NC[C@H](O)c2cccc(Cl)c2)CC3)cc(C(=O)O)c1.Cl.Cl. The van der Waals surface area contributed by atoms with Gasteiger partial charge in [-0.3, -0.25) is 0 Å². The molecule has 0 saturated heterocycles. The number of rotatable bonds is 8. The Kier molecular flexibility index (Phi) is 10.9. The summed E-state index contributed by atoms with van der Waals surface area (Å²) < 4.78 is 6.07. The minimum Gasteiger partial charge on any atom is -0.478 e. The molecular formula is C27H31Cl3N2O4. The van der Waals surface area contributed by atoms with Gasteiger partial charge in [0.05, 0.1) is 11.7 Å². The number of nitrogens with zero attached hydrogens (tertiary/aromatic N) is 1. The zero-order valence-corrected chi connectivity index (χ0v) is 22.5. The number of halogens is 3. The van der Waals surface area contributed by atoms with Crippen molar-refractivity contribution in [3.63, 3.8) is 0 Å². The van der Waals surface area contributed by atoms with Crippen molar-refractivity contribution in [2.24, 2.45) is 0 Å². The quantitative estimate of drug-likeness (QED) is 0.321. The maximum Gasteiger partial charge on any atom is 0.335 e. The van der Waals surface area contributed by atoms with Gasteiger partial charge in [0.1, 0.15) is 11.5 Å². The Bertz CT molecular complexity index is 1190. The molecule has 3 N–H and O–H groups in total. The van der Waals surface area contributed by atoms with Crippen molar-refractivity contribution in [3.8, 4) is 11.5 Å². The van der Waals surface area contributed by atoms with Crippen LogP contribution < -0.4 is 15.0 Å². The average molecular weight is 554 g/mol. The van der Waals surface area contributed by atoms with Crippen LogP contribution in [0.4, 0.5) is 5.69 Å². The van der Waals surface area contributed by atoms with Gasteiger partial charge < -0.3 is 25.2 Å². The number of aromatic carboxylic acids is 1. The number of hydrogen-bond acceptors (Lipinski definition) is 5. The van der Waals surface area contributed by atoms with Crippen molar-refractivity contribution in [2.45, 2.75) is 31.4 Å². The van der Waals surface area contributed by atoms with Gasteiger partial charge in [-0.1, -0.05) is 29.8 Å². The second-order valence-electron chi connectivity index (χ2n) is 8.87. The fraction of sp³-hybridized carbons (Fsp3) is 0.296. The van der Waals surface area contributed by atoms with Crippen LogP contribution in [0.15, 0.2) is 60.7 Å². The summed E-state index contributed by atoms with van der Waals surface area (Å²) in [7, 11) is 3.72. The van der Waals surface area contributed by atoms with E-state index in [1.807, 2.05) is 49.3 Å². The lowest BCUT2D eigenvalue weighted by Crippen LogP contribution is -2.37. The molecule has 0 spiro atoms. The molecule has 0 amide bonds. The number of anilines is 1. The van der Waals surface area contributed by atoms with Crippen LogP contribution in [-0.2, 0) is 12.8 Å². The maximum atomic E-state index is 11.5. The first-order valence-electron chi connectivity index (χ1n) is 11.3. The van der Waals surface area contributed by atoms with Crippen molar-refractivity contribution in [1.82, 2.24) is 5.32 Å². The third-order valence-electron chi connectivity index (χ3n) is 6.13. The molecule has 1 aliphatic rings. The molecule has 2 atom stereocenters. The van der Waals surface area contributed by atoms with E-state index in [0.717, 1.165) is 30.5 Å². The number of ether oxygens (including phenoxy) is 1. The van der Waals surface area contributed by atoms with Crippen LogP contribution in [0.1, 0.15) is 39.6 Å². The molecule has 0 aromatic heterocycles. The lowest BCUT2D eigenvalue weighted by molar-refractivity contribution is 0.0696. The Labute approximate surface area is 229 Å². The van der Waals surface area contributed by atoms with E-state index in [9.17, 15) is 15.0 Å². The Morgan fingerprint density at radius 1 is 1.08 bits per heavy atom. The van der Waals surface area contributed by atoms with Crippen molar-refractivity contribution >= 4 is 48.1 Å². The van der Waals surface area contributed by atoms with Crippen LogP contribution in [0.25, 0.3) is 0 Å². The number of hydrogen-bond donors (Lipinski definition) is 3. The first kappa shape index (κ1) is 29.7. The molecule has 36 heavy (non-hydrogen) atoms. The zero-order valence-electron chi connectivity index (χ0n) is 20.1. The van der Waals surface area contributed by atoms with Crippen LogP contribution in [0.3, 0.4) is 0 Å².